The second-order valence-electron chi connectivity index (χ2n) is 4.06. The average molecular weight is 213 g/mol. The molecule has 5 nitrogen and oxygen atoms in total. The van der Waals surface area contributed by atoms with Crippen LogP contribution >= 0.6 is 0 Å². The summed E-state index contributed by atoms with van der Waals surface area (Å²) in [5.41, 5.74) is 5.46. The molecular formula is C10H19N3O2. The highest BCUT2D eigenvalue weighted by Crippen LogP contribution is 2.05. The highest BCUT2D eigenvalue weighted by molar-refractivity contribution is 5.85. The van der Waals surface area contributed by atoms with Gasteiger partial charge in [0.1, 0.15) is 0 Å². The Labute approximate surface area is 90.0 Å². The number of hydrogen-bond acceptors (Lipinski definition) is 3. The van der Waals surface area contributed by atoms with E-state index in [2.05, 4.69) is 5.32 Å². The number of carbonyl (C=O) groups is 2. The number of amides is 2. The second kappa shape index (κ2) is 5.70. The Balaban J connectivity index is 2.46. The molecule has 1 unspecified atom stereocenters. The third-order valence-corrected chi connectivity index (χ3v) is 2.54. The topological polar surface area (TPSA) is 75.4 Å². The van der Waals surface area contributed by atoms with Crippen LogP contribution in [0.1, 0.15) is 19.8 Å². The van der Waals surface area contributed by atoms with Crippen molar-refractivity contribution < 1.29 is 9.59 Å². The van der Waals surface area contributed by atoms with Crippen molar-refractivity contribution in [3.05, 3.63) is 0 Å². The van der Waals surface area contributed by atoms with Crippen molar-refractivity contribution >= 4 is 11.8 Å². The minimum Gasteiger partial charge on any atom is -0.354 e. The Hall–Kier alpha value is -1.10. The summed E-state index contributed by atoms with van der Waals surface area (Å²) in [6.45, 7) is 3.96. The molecule has 1 rings (SSSR count). The number of nitrogens with zero attached hydrogens (tertiary/aromatic N) is 1. The fourth-order valence-electron chi connectivity index (χ4n) is 1.53. The maximum absolute atomic E-state index is 11.8. The van der Waals surface area contributed by atoms with Crippen molar-refractivity contribution in [3.8, 4) is 0 Å². The van der Waals surface area contributed by atoms with Crippen LogP contribution in [0.2, 0.25) is 0 Å². The number of nitrogens with one attached hydrogen (secondary N) is 1. The van der Waals surface area contributed by atoms with E-state index in [4.69, 9.17) is 5.73 Å². The van der Waals surface area contributed by atoms with Crippen LogP contribution in [-0.2, 0) is 9.59 Å². The minimum absolute atomic E-state index is 0.0324. The zero-order chi connectivity index (χ0) is 11.3. The molecule has 86 valence electrons. The second-order valence-corrected chi connectivity index (χ2v) is 4.06. The van der Waals surface area contributed by atoms with Crippen molar-refractivity contribution in [1.29, 1.82) is 0 Å². The summed E-state index contributed by atoms with van der Waals surface area (Å²) >= 11 is 0. The third kappa shape index (κ3) is 3.87. The van der Waals surface area contributed by atoms with Crippen LogP contribution in [0.25, 0.3) is 0 Å². The summed E-state index contributed by atoms with van der Waals surface area (Å²) in [5, 5.41) is 2.74. The van der Waals surface area contributed by atoms with Crippen molar-refractivity contribution in [1.82, 2.24) is 10.2 Å². The van der Waals surface area contributed by atoms with Crippen molar-refractivity contribution in [2.45, 2.75) is 19.8 Å². The first-order valence-corrected chi connectivity index (χ1v) is 5.38. The first-order valence-electron chi connectivity index (χ1n) is 5.38. The van der Waals surface area contributed by atoms with Gasteiger partial charge in [0.05, 0.1) is 6.54 Å². The molecule has 0 aliphatic carbocycles. The van der Waals surface area contributed by atoms with Gasteiger partial charge in [0, 0.05) is 19.5 Å². The Bertz CT molecular complexity index is 243. The van der Waals surface area contributed by atoms with E-state index in [1.165, 1.54) is 0 Å². The Morgan fingerprint density at radius 3 is 3.07 bits per heavy atom. The van der Waals surface area contributed by atoms with Gasteiger partial charge in [-0.15, -0.1) is 0 Å². The summed E-state index contributed by atoms with van der Waals surface area (Å²) < 4.78 is 0. The van der Waals surface area contributed by atoms with Crippen LogP contribution in [0.15, 0.2) is 0 Å². The van der Waals surface area contributed by atoms with Gasteiger partial charge in [0.2, 0.25) is 11.8 Å². The molecule has 0 bridgehead atoms. The van der Waals surface area contributed by atoms with E-state index < -0.39 is 0 Å². The summed E-state index contributed by atoms with van der Waals surface area (Å²) in [6, 6.07) is 0. The minimum atomic E-state index is -0.0683. The van der Waals surface area contributed by atoms with E-state index >= 15 is 0 Å². The van der Waals surface area contributed by atoms with Gasteiger partial charge in [-0.25, -0.2) is 0 Å². The molecule has 1 saturated heterocycles. The predicted molar refractivity (Wildman–Crippen MR) is 57.0 cm³/mol. The maximum Gasteiger partial charge on any atom is 0.239 e. The van der Waals surface area contributed by atoms with Gasteiger partial charge in [-0.3, -0.25) is 9.59 Å². The van der Waals surface area contributed by atoms with Gasteiger partial charge in [-0.05, 0) is 18.9 Å². The fraction of sp³-hybridized carbons (Fsp3) is 0.800. The molecule has 1 aliphatic heterocycles. The smallest absolute Gasteiger partial charge is 0.239 e. The molecule has 1 aliphatic rings. The third-order valence-electron chi connectivity index (χ3n) is 2.54. The van der Waals surface area contributed by atoms with E-state index in [0.717, 1.165) is 6.42 Å². The van der Waals surface area contributed by atoms with E-state index in [1.807, 2.05) is 6.92 Å². The van der Waals surface area contributed by atoms with Crippen LogP contribution in [0.4, 0.5) is 0 Å². The lowest BCUT2D eigenvalue weighted by Crippen LogP contribution is -2.38. The monoisotopic (exact) mass is 213 g/mol. The van der Waals surface area contributed by atoms with Gasteiger partial charge < -0.3 is 16.0 Å². The van der Waals surface area contributed by atoms with Gasteiger partial charge >= 0.3 is 0 Å². The highest BCUT2D eigenvalue weighted by atomic mass is 16.2. The quantitative estimate of drug-likeness (QED) is 0.652. The van der Waals surface area contributed by atoms with Crippen LogP contribution in [0.3, 0.4) is 0 Å². The number of carbonyl (C=O) groups excluding carboxylic acids is 2. The van der Waals surface area contributed by atoms with Crippen LogP contribution in [-0.4, -0.2) is 42.9 Å². The molecule has 0 spiro atoms. The molecule has 1 fully saturated rings. The van der Waals surface area contributed by atoms with Gasteiger partial charge in [0.25, 0.3) is 0 Å². The fourth-order valence-corrected chi connectivity index (χ4v) is 1.53. The van der Waals surface area contributed by atoms with Gasteiger partial charge in [-0.1, -0.05) is 6.92 Å². The Kier molecular flexibility index (Phi) is 4.55. The normalized spacial score (nSPS) is 19.3. The lowest BCUT2D eigenvalue weighted by molar-refractivity contribution is -0.135. The molecule has 0 aromatic carbocycles. The molecule has 0 radical (unpaired) electrons. The molecule has 3 N–H and O–H groups in total. The molecule has 1 heterocycles. The van der Waals surface area contributed by atoms with E-state index in [9.17, 15) is 9.59 Å². The van der Waals surface area contributed by atoms with E-state index in [0.29, 0.717) is 26.1 Å². The first kappa shape index (κ1) is 12.0. The van der Waals surface area contributed by atoms with Crippen molar-refractivity contribution in [3.63, 3.8) is 0 Å². The lowest BCUT2D eigenvalue weighted by atomic mass is 10.1. The molecule has 15 heavy (non-hydrogen) atoms. The molecule has 5 heteroatoms. The molecule has 0 aromatic heterocycles. The molecule has 0 saturated carbocycles. The zero-order valence-electron chi connectivity index (χ0n) is 9.16. The average Bonchev–Trinajstić information content (AvgIpc) is 2.42. The predicted octanol–water partition coefficient (Wildman–Crippen LogP) is -0.680. The Morgan fingerprint density at radius 1 is 1.67 bits per heavy atom. The highest BCUT2D eigenvalue weighted by Gasteiger charge is 2.20. The molecule has 0 aromatic rings. The SMILES string of the molecule is CC(CN)CC(=O)N1CCCNC(=O)C1. The van der Waals surface area contributed by atoms with Crippen LogP contribution in [0, 0.1) is 5.92 Å². The summed E-state index contributed by atoms with van der Waals surface area (Å²) in [6.07, 6.45) is 1.26. The lowest BCUT2D eigenvalue weighted by Gasteiger charge is -2.20. The number of nitrogens with two attached hydrogens (primary N) is 1. The van der Waals surface area contributed by atoms with Gasteiger partial charge in [0.15, 0.2) is 0 Å². The van der Waals surface area contributed by atoms with E-state index in [1.54, 1.807) is 4.90 Å². The summed E-state index contributed by atoms with van der Waals surface area (Å²) in [5.74, 6) is 0.148. The number of hydrogen-bond donors (Lipinski definition) is 2. The molecule has 2 amide bonds. The van der Waals surface area contributed by atoms with Crippen molar-refractivity contribution in [2.24, 2.45) is 11.7 Å². The standard InChI is InChI=1S/C10H19N3O2/c1-8(6-11)5-10(15)13-4-2-3-12-9(14)7-13/h8H,2-7,11H2,1H3,(H,12,14). The van der Waals surface area contributed by atoms with Gasteiger partial charge in [-0.2, -0.15) is 0 Å². The summed E-state index contributed by atoms with van der Waals surface area (Å²) in [4.78, 5) is 24.6. The first-order chi connectivity index (χ1) is 7.13. The maximum atomic E-state index is 11.8. The van der Waals surface area contributed by atoms with Crippen LogP contribution in [0.5, 0.6) is 0 Å². The molecule has 1 atom stereocenters. The van der Waals surface area contributed by atoms with Crippen molar-refractivity contribution in [2.75, 3.05) is 26.2 Å². The van der Waals surface area contributed by atoms with E-state index in [-0.39, 0.29) is 24.3 Å². The summed E-state index contributed by atoms with van der Waals surface area (Å²) in [7, 11) is 0. The molecular weight excluding hydrogens is 194 g/mol. The van der Waals surface area contributed by atoms with Crippen LogP contribution < -0.4 is 11.1 Å². The zero-order valence-corrected chi connectivity index (χ0v) is 9.16. The number of rotatable bonds is 3. The Morgan fingerprint density at radius 2 is 2.40 bits per heavy atom. The largest absolute Gasteiger partial charge is 0.354 e.